The van der Waals surface area contributed by atoms with Gasteiger partial charge in [-0.15, -0.1) is 0 Å². The summed E-state index contributed by atoms with van der Waals surface area (Å²) >= 11 is 0. The second-order valence-electron chi connectivity index (χ2n) is 4.97. The number of carbonyl (C=O) groups excluding carboxylic acids is 1. The van der Waals surface area contributed by atoms with Gasteiger partial charge in [0.05, 0.1) is 11.3 Å². The summed E-state index contributed by atoms with van der Waals surface area (Å²) in [5.41, 5.74) is -0.988. The summed E-state index contributed by atoms with van der Waals surface area (Å²) in [7, 11) is -3.89. The Morgan fingerprint density at radius 2 is 1.86 bits per heavy atom. The summed E-state index contributed by atoms with van der Waals surface area (Å²) < 4.78 is 75.1. The maximum Gasteiger partial charge on any atom is 0.257 e. The fourth-order valence-electron chi connectivity index (χ4n) is 2.43. The molecule has 0 bridgehead atoms. The Bertz CT molecular complexity index is 724. The van der Waals surface area contributed by atoms with Crippen LogP contribution in [0.2, 0.25) is 0 Å². The lowest BCUT2D eigenvalue weighted by atomic mass is 10.1. The molecule has 2 rings (SSSR count). The SMILES string of the molecule is NS(=O)(=O)CC1CCCN1C(=O)c1cc(F)c(F)c(F)c1F. The van der Waals surface area contributed by atoms with E-state index in [-0.39, 0.29) is 12.6 Å². The normalized spacial score (nSPS) is 18.8. The van der Waals surface area contributed by atoms with Crippen molar-refractivity contribution in [1.29, 1.82) is 0 Å². The molecule has 1 aliphatic rings. The minimum atomic E-state index is -3.89. The molecule has 1 unspecified atom stereocenters. The van der Waals surface area contributed by atoms with Crippen molar-refractivity contribution in [3.8, 4) is 0 Å². The number of rotatable bonds is 3. The molecule has 1 aliphatic heterocycles. The van der Waals surface area contributed by atoms with Crippen molar-refractivity contribution in [1.82, 2.24) is 4.90 Å². The highest BCUT2D eigenvalue weighted by Crippen LogP contribution is 2.25. The van der Waals surface area contributed by atoms with Crippen LogP contribution in [0.15, 0.2) is 6.07 Å². The van der Waals surface area contributed by atoms with Crippen LogP contribution in [0.1, 0.15) is 23.2 Å². The molecule has 1 saturated heterocycles. The van der Waals surface area contributed by atoms with Crippen LogP contribution in [0, 0.1) is 23.3 Å². The van der Waals surface area contributed by atoms with E-state index in [1.165, 1.54) is 0 Å². The van der Waals surface area contributed by atoms with E-state index < -0.39 is 56.6 Å². The molecule has 1 fully saturated rings. The van der Waals surface area contributed by atoms with Crippen LogP contribution in [0.25, 0.3) is 0 Å². The summed E-state index contributed by atoms with van der Waals surface area (Å²) in [4.78, 5) is 13.1. The zero-order valence-electron chi connectivity index (χ0n) is 11.2. The third-order valence-corrected chi connectivity index (χ3v) is 4.25. The van der Waals surface area contributed by atoms with E-state index in [4.69, 9.17) is 5.14 Å². The minimum absolute atomic E-state index is 0.0824. The first-order valence-electron chi connectivity index (χ1n) is 6.26. The lowest BCUT2D eigenvalue weighted by molar-refractivity contribution is 0.0742. The molecule has 0 saturated carbocycles. The minimum Gasteiger partial charge on any atom is -0.334 e. The van der Waals surface area contributed by atoms with E-state index in [1.807, 2.05) is 0 Å². The third-order valence-electron chi connectivity index (χ3n) is 3.40. The van der Waals surface area contributed by atoms with Crippen molar-refractivity contribution in [3.05, 3.63) is 34.9 Å². The number of amides is 1. The number of carbonyl (C=O) groups is 1. The van der Waals surface area contributed by atoms with Crippen LogP contribution in [0.5, 0.6) is 0 Å². The smallest absolute Gasteiger partial charge is 0.257 e. The Labute approximate surface area is 123 Å². The average molecular weight is 340 g/mol. The maximum absolute atomic E-state index is 13.6. The van der Waals surface area contributed by atoms with E-state index in [0.717, 1.165) is 4.90 Å². The Morgan fingerprint density at radius 1 is 1.23 bits per heavy atom. The predicted molar refractivity (Wildman–Crippen MR) is 68.3 cm³/mol. The lowest BCUT2D eigenvalue weighted by Gasteiger charge is -2.24. The van der Waals surface area contributed by atoms with E-state index in [2.05, 4.69) is 0 Å². The van der Waals surface area contributed by atoms with Gasteiger partial charge in [-0.05, 0) is 18.9 Å². The Balaban J connectivity index is 2.36. The summed E-state index contributed by atoms with van der Waals surface area (Å²) in [6.45, 7) is 0.0824. The topological polar surface area (TPSA) is 80.5 Å². The number of hydrogen-bond donors (Lipinski definition) is 1. The fourth-order valence-corrected chi connectivity index (χ4v) is 3.31. The molecule has 22 heavy (non-hydrogen) atoms. The van der Waals surface area contributed by atoms with Crippen molar-refractivity contribution in [2.75, 3.05) is 12.3 Å². The number of nitrogens with two attached hydrogens (primary N) is 1. The van der Waals surface area contributed by atoms with Crippen molar-refractivity contribution in [2.24, 2.45) is 5.14 Å². The highest BCUT2D eigenvalue weighted by molar-refractivity contribution is 7.89. The second kappa shape index (κ2) is 5.84. The third kappa shape index (κ3) is 3.22. The standard InChI is InChI=1S/C12H12F4N2O3S/c13-8-4-7(9(14)11(16)10(8)15)12(19)18-3-1-2-6(18)5-22(17,20)21/h4,6H,1-3,5H2,(H2,17,20,21). The zero-order valence-corrected chi connectivity index (χ0v) is 12.0. The van der Waals surface area contributed by atoms with E-state index in [9.17, 15) is 30.8 Å². The Hall–Kier alpha value is -1.68. The molecular formula is C12H12F4N2O3S. The number of likely N-dealkylation sites (tertiary alicyclic amines) is 1. The average Bonchev–Trinajstić information content (AvgIpc) is 2.85. The second-order valence-corrected chi connectivity index (χ2v) is 6.63. The van der Waals surface area contributed by atoms with Gasteiger partial charge >= 0.3 is 0 Å². The van der Waals surface area contributed by atoms with Gasteiger partial charge in [-0.2, -0.15) is 0 Å². The molecule has 1 aromatic carbocycles. The molecule has 5 nitrogen and oxygen atoms in total. The lowest BCUT2D eigenvalue weighted by Crippen LogP contribution is -2.41. The number of benzene rings is 1. The first-order valence-corrected chi connectivity index (χ1v) is 7.98. The van der Waals surface area contributed by atoms with Crippen molar-refractivity contribution < 1.29 is 30.8 Å². The molecule has 2 N–H and O–H groups in total. The molecule has 1 atom stereocenters. The van der Waals surface area contributed by atoms with E-state index >= 15 is 0 Å². The summed E-state index contributed by atoms with van der Waals surface area (Å²) in [5.74, 6) is -9.29. The summed E-state index contributed by atoms with van der Waals surface area (Å²) in [5, 5.41) is 4.90. The molecule has 1 aromatic rings. The van der Waals surface area contributed by atoms with Crippen molar-refractivity contribution >= 4 is 15.9 Å². The molecule has 0 aromatic heterocycles. The monoisotopic (exact) mass is 340 g/mol. The number of hydrogen-bond acceptors (Lipinski definition) is 3. The summed E-state index contributed by atoms with van der Waals surface area (Å²) in [6, 6.07) is -0.569. The van der Waals surface area contributed by atoms with Crippen LogP contribution in [-0.4, -0.2) is 37.6 Å². The molecule has 10 heteroatoms. The van der Waals surface area contributed by atoms with Crippen LogP contribution < -0.4 is 5.14 Å². The molecule has 122 valence electrons. The number of primary sulfonamides is 1. The maximum atomic E-state index is 13.6. The van der Waals surface area contributed by atoms with Crippen LogP contribution >= 0.6 is 0 Å². The number of halogens is 4. The molecule has 1 amide bonds. The molecule has 0 radical (unpaired) electrons. The van der Waals surface area contributed by atoms with Gasteiger partial charge in [0, 0.05) is 12.6 Å². The number of nitrogens with zero attached hydrogens (tertiary/aromatic N) is 1. The molecule has 1 heterocycles. The van der Waals surface area contributed by atoms with Gasteiger partial charge in [-0.3, -0.25) is 4.79 Å². The molecule has 0 aliphatic carbocycles. The van der Waals surface area contributed by atoms with E-state index in [1.54, 1.807) is 0 Å². The predicted octanol–water partition coefficient (Wildman–Crippen LogP) is 1.14. The van der Waals surface area contributed by atoms with Gasteiger partial charge in [0.15, 0.2) is 23.3 Å². The first-order chi connectivity index (χ1) is 10.1. The first kappa shape index (κ1) is 16.7. The highest BCUT2D eigenvalue weighted by atomic mass is 32.2. The Kier molecular flexibility index (Phi) is 4.43. The molecule has 0 spiro atoms. The Morgan fingerprint density at radius 3 is 2.45 bits per heavy atom. The zero-order chi connectivity index (χ0) is 16.7. The number of sulfonamides is 1. The van der Waals surface area contributed by atoms with Crippen LogP contribution in [-0.2, 0) is 10.0 Å². The van der Waals surface area contributed by atoms with Gasteiger partial charge in [0.1, 0.15) is 0 Å². The van der Waals surface area contributed by atoms with Gasteiger partial charge in [0.25, 0.3) is 5.91 Å². The van der Waals surface area contributed by atoms with Gasteiger partial charge in [-0.1, -0.05) is 0 Å². The van der Waals surface area contributed by atoms with Crippen LogP contribution in [0.3, 0.4) is 0 Å². The van der Waals surface area contributed by atoms with Gasteiger partial charge < -0.3 is 4.90 Å². The van der Waals surface area contributed by atoms with Gasteiger partial charge in [-0.25, -0.2) is 31.1 Å². The summed E-state index contributed by atoms with van der Waals surface area (Å²) in [6.07, 6.45) is 0.732. The fraction of sp³-hybridized carbons (Fsp3) is 0.417. The van der Waals surface area contributed by atoms with Crippen LogP contribution in [0.4, 0.5) is 17.6 Å². The molecular weight excluding hydrogens is 328 g/mol. The van der Waals surface area contributed by atoms with Crippen molar-refractivity contribution in [2.45, 2.75) is 18.9 Å². The van der Waals surface area contributed by atoms with Gasteiger partial charge in [0.2, 0.25) is 10.0 Å². The van der Waals surface area contributed by atoms with Crippen molar-refractivity contribution in [3.63, 3.8) is 0 Å². The quantitative estimate of drug-likeness (QED) is 0.509. The highest BCUT2D eigenvalue weighted by Gasteiger charge is 2.34. The van der Waals surface area contributed by atoms with E-state index in [0.29, 0.717) is 12.8 Å². The largest absolute Gasteiger partial charge is 0.334 e.